The van der Waals surface area contributed by atoms with Gasteiger partial charge in [-0.05, 0) is 31.7 Å². The molecule has 3 heterocycles. The molecule has 0 saturated heterocycles. The predicted octanol–water partition coefficient (Wildman–Crippen LogP) is 1.50. The topological polar surface area (TPSA) is 102 Å². The highest BCUT2D eigenvalue weighted by Gasteiger charge is 2.70. The molecular weight excluding hydrogens is 354 g/mol. The van der Waals surface area contributed by atoms with Crippen molar-refractivity contribution in [2.45, 2.75) is 36.8 Å². The highest BCUT2D eigenvalue weighted by Crippen LogP contribution is 2.66. The number of aromatic nitrogens is 4. The van der Waals surface area contributed by atoms with Gasteiger partial charge in [-0.2, -0.15) is 0 Å². The zero-order chi connectivity index (χ0) is 18.0. The first-order valence-electron chi connectivity index (χ1n) is 8.76. The van der Waals surface area contributed by atoms with E-state index in [1.807, 2.05) is 18.6 Å². The summed E-state index contributed by atoms with van der Waals surface area (Å²) >= 11 is 0. The van der Waals surface area contributed by atoms with Crippen LogP contribution in [0.3, 0.4) is 0 Å². The van der Waals surface area contributed by atoms with Gasteiger partial charge in [0.15, 0.2) is 0 Å². The van der Waals surface area contributed by atoms with Gasteiger partial charge in [-0.15, -0.1) is 0 Å². The van der Waals surface area contributed by atoms with Gasteiger partial charge < -0.3 is 14.3 Å². The largest absolute Gasteiger partial charge is 0.385 e. The second-order valence-corrected chi connectivity index (χ2v) is 9.49. The standard InChI is InChI=1S/C17H21N5O3S/c1-25-5-2-6-26(23,24)21-16-8-17(9-16,10-16)22-11-20-13-7-19-15-12(14(13)22)3-4-18-15/h3-4,7,11,21H,2,5-6,8-10H2,1H3,(H,18,19). The van der Waals surface area contributed by atoms with E-state index in [-0.39, 0.29) is 16.8 Å². The van der Waals surface area contributed by atoms with Crippen molar-refractivity contribution in [1.29, 1.82) is 0 Å². The number of hydrogen-bond acceptors (Lipinski definition) is 5. The van der Waals surface area contributed by atoms with E-state index < -0.39 is 10.0 Å². The van der Waals surface area contributed by atoms with Crippen LogP contribution in [-0.4, -0.2) is 52.9 Å². The summed E-state index contributed by atoms with van der Waals surface area (Å²) in [6, 6.07) is 2.02. The van der Waals surface area contributed by atoms with E-state index >= 15 is 0 Å². The molecule has 0 radical (unpaired) electrons. The molecule has 2 bridgehead atoms. The Balaban J connectivity index is 1.38. The molecule has 0 spiro atoms. The molecule has 3 aromatic heterocycles. The number of pyridine rings is 1. The number of fused-ring (bicyclic) bond motifs is 3. The van der Waals surface area contributed by atoms with Crippen LogP contribution in [0.1, 0.15) is 25.7 Å². The van der Waals surface area contributed by atoms with Crippen LogP contribution in [0, 0.1) is 0 Å². The third-order valence-electron chi connectivity index (χ3n) is 5.74. The first-order chi connectivity index (χ1) is 12.5. The maximum Gasteiger partial charge on any atom is 0.212 e. The second kappa shape index (κ2) is 5.28. The quantitative estimate of drug-likeness (QED) is 0.609. The van der Waals surface area contributed by atoms with Crippen LogP contribution >= 0.6 is 0 Å². The normalized spacial score (nSPS) is 27.6. The van der Waals surface area contributed by atoms with Crippen LogP contribution in [0.2, 0.25) is 0 Å². The summed E-state index contributed by atoms with van der Waals surface area (Å²) in [6.07, 6.45) is 8.47. The molecule has 6 rings (SSSR count). The molecule has 9 heteroatoms. The molecule has 3 aliphatic rings. The first kappa shape index (κ1) is 16.2. The monoisotopic (exact) mass is 375 g/mol. The Bertz CT molecular complexity index is 1080. The van der Waals surface area contributed by atoms with E-state index in [0.29, 0.717) is 13.0 Å². The lowest BCUT2D eigenvalue weighted by Crippen LogP contribution is -2.78. The number of sulfonamides is 1. The Morgan fingerprint density at radius 3 is 2.92 bits per heavy atom. The van der Waals surface area contributed by atoms with Crippen LogP contribution in [0.25, 0.3) is 22.1 Å². The number of hydrogen-bond donors (Lipinski definition) is 2. The fourth-order valence-electron chi connectivity index (χ4n) is 4.74. The van der Waals surface area contributed by atoms with E-state index in [1.165, 1.54) is 0 Å². The van der Waals surface area contributed by atoms with Crippen molar-refractivity contribution in [3.63, 3.8) is 0 Å². The average Bonchev–Trinajstić information content (AvgIpc) is 3.15. The van der Waals surface area contributed by atoms with Crippen molar-refractivity contribution in [2.24, 2.45) is 0 Å². The lowest BCUT2D eigenvalue weighted by Gasteiger charge is -2.70. The Kier molecular flexibility index (Phi) is 3.29. The minimum absolute atomic E-state index is 0.0324. The zero-order valence-electron chi connectivity index (χ0n) is 14.5. The molecule has 3 aliphatic carbocycles. The molecule has 0 unspecified atom stereocenters. The number of H-pyrrole nitrogens is 1. The molecule has 0 aromatic carbocycles. The van der Waals surface area contributed by atoms with E-state index in [4.69, 9.17) is 4.74 Å². The van der Waals surface area contributed by atoms with Gasteiger partial charge in [0.05, 0.1) is 29.3 Å². The van der Waals surface area contributed by atoms with Crippen molar-refractivity contribution in [3.05, 3.63) is 24.8 Å². The van der Waals surface area contributed by atoms with E-state index in [2.05, 4.69) is 24.2 Å². The summed E-state index contributed by atoms with van der Waals surface area (Å²) in [5.41, 5.74) is 2.48. The minimum Gasteiger partial charge on any atom is -0.385 e. The Morgan fingerprint density at radius 2 is 2.15 bits per heavy atom. The number of aromatic amines is 1. The van der Waals surface area contributed by atoms with Crippen molar-refractivity contribution < 1.29 is 13.2 Å². The summed E-state index contributed by atoms with van der Waals surface area (Å²) in [6.45, 7) is 0.458. The molecule has 138 valence electrons. The highest BCUT2D eigenvalue weighted by molar-refractivity contribution is 7.89. The molecule has 8 nitrogen and oxygen atoms in total. The predicted molar refractivity (Wildman–Crippen MR) is 97.4 cm³/mol. The van der Waals surface area contributed by atoms with Crippen molar-refractivity contribution in [3.8, 4) is 0 Å². The fraction of sp³-hybridized carbons (Fsp3) is 0.529. The lowest BCUT2D eigenvalue weighted by atomic mass is 9.44. The fourth-order valence-corrected chi connectivity index (χ4v) is 6.22. The van der Waals surface area contributed by atoms with E-state index in [9.17, 15) is 8.42 Å². The summed E-state index contributed by atoms with van der Waals surface area (Å²) in [7, 11) is -1.69. The number of methoxy groups -OCH3 is 1. The van der Waals surface area contributed by atoms with Gasteiger partial charge in [-0.3, -0.25) is 0 Å². The Morgan fingerprint density at radius 1 is 1.35 bits per heavy atom. The van der Waals surface area contributed by atoms with Crippen LogP contribution in [0.15, 0.2) is 24.8 Å². The summed E-state index contributed by atoms with van der Waals surface area (Å²) in [5.74, 6) is 0.110. The zero-order valence-corrected chi connectivity index (χ0v) is 15.3. The van der Waals surface area contributed by atoms with E-state index in [0.717, 1.165) is 41.3 Å². The van der Waals surface area contributed by atoms with E-state index in [1.54, 1.807) is 13.3 Å². The number of rotatable bonds is 7. The van der Waals surface area contributed by atoms with Gasteiger partial charge in [0.25, 0.3) is 0 Å². The van der Waals surface area contributed by atoms with Gasteiger partial charge >= 0.3 is 0 Å². The van der Waals surface area contributed by atoms with Gasteiger partial charge in [0, 0.05) is 30.8 Å². The van der Waals surface area contributed by atoms with Crippen LogP contribution < -0.4 is 4.72 Å². The van der Waals surface area contributed by atoms with Crippen molar-refractivity contribution in [2.75, 3.05) is 19.5 Å². The smallest absolute Gasteiger partial charge is 0.212 e. The molecule has 0 aliphatic heterocycles. The molecule has 0 atom stereocenters. The van der Waals surface area contributed by atoms with Crippen LogP contribution in [0.5, 0.6) is 0 Å². The SMILES string of the molecule is COCCCS(=O)(=O)NC12CC(n3cnc4cnc5[nH]ccc5c43)(C1)C2. The summed E-state index contributed by atoms with van der Waals surface area (Å²) in [4.78, 5) is 12.0. The molecule has 2 N–H and O–H groups in total. The number of nitrogens with one attached hydrogen (secondary N) is 2. The first-order valence-corrected chi connectivity index (χ1v) is 10.4. The molecule has 0 amide bonds. The van der Waals surface area contributed by atoms with Gasteiger partial charge in [0.2, 0.25) is 10.0 Å². The minimum atomic E-state index is -3.27. The third kappa shape index (κ3) is 2.23. The van der Waals surface area contributed by atoms with Gasteiger partial charge in [0.1, 0.15) is 11.2 Å². The molecule has 3 saturated carbocycles. The van der Waals surface area contributed by atoms with Crippen molar-refractivity contribution >= 4 is 32.1 Å². The maximum absolute atomic E-state index is 12.3. The Hall–Kier alpha value is -1.97. The molecule has 3 fully saturated rings. The molecule has 3 aromatic rings. The number of nitrogens with zero attached hydrogens (tertiary/aromatic N) is 3. The van der Waals surface area contributed by atoms with Crippen LogP contribution in [-0.2, 0) is 20.3 Å². The summed E-state index contributed by atoms with van der Waals surface area (Å²) in [5, 5.41) is 1.05. The molecular formula is C17H21N5O3S. The maximum atomic E-state index is 12.3. The average molecular weight is 375 g/mol. The van der Waals surface area contributed by atoms with Crippen LogP contribution in [0.4, 0.5) is 0 Å². The third-order valence-corrected chi connectivity index (χ3v) is 7.31. The van der Waals surface area contributed by atoms with Gasteiger partial charge in [-0.25, -0.2) is 23.1 Å². The number of ether oxygens (including phenoxy) is 1. The summed E-state index contributed by atoms with van der Waals surface area (Å²) < 4.78 is 34.7. The molecule has 26 heavy (non-hydrogen) atoms. The van der Waals surface area contributed by atoms with Crippen molar-refractivity contribution in [1.82, 2.24) is 24.2 Å². The lowest BCUT2D eigenvalue weighted by molar-refractivity contribution is -0.122. The van der Waals surface area contributed by atoms with Gasteiger partial charge in [-0.1, -0.05) is 0 Å². The number of imidazole rings is 1. The second-order valence-electron chi connectivity index (χ2n) is 7.65. The Labute approximate surface area is 151 Å². The highest BCUT2D eigenvalue weighted by atomic mass is 32.2.